The van der Waals surface area contributed by atoms with Crippen LogP contribution in [0.4, 0.5) is 5.69 Å². The molecule has 2 aliphatic heterocycles. The van der Waals surface area contributed by atoms with E-state index in [0.717, 1.165) is 25.2 Å². The molecule has 0 aliphatic carbocycles. The van der Waals surface area contributed by atoms with Crippen LogP contribution in [0.3, 0.4) is 0 Å². The van der Waals surface area contributed by atoms with Gasteiger partial charge in [0, 0.05) is 26.2 Å². The maximum atomic E-state index is 13.0. The first kappa shape index (κ1) is 20.9. The van der Waals surface area contributed by atoms with E-state index in [4.69, 9.17) is 4.74 Å². The van der Waals surface area contributed by atoms with Crippen LogP contribution in [-0.2, 0) is 20.2 Å². The molecule has 1 amide bonds. The number of rotatable bonds is 3. The van der Waals surface area contributed by atoms with Crippen LogP contribution >= 0.6 is 0 Å². The van der Waals surface area contributed by atoms with Crippen LogP contribution < -0.4 is 9.04 Å². The summed E-state index contributed by atoms with van der Waals surface area (Å²) in [5.74, 6) is 0.296. The molecule has 1 saturated heterocycles. The largest absolute Gasteiger partial charge is 0.476 e. The number of sulfonamides is 1. The molecule has 1 unspecified atom stereocenters. The van der Waals surface area contributed by atoms with E-state index in [1.807, 2.05) is 12.1 Å². The number of ether oxygens (including phenoxy) is 1. The second-order valence-electron chi connectivity index (χ2n) is 8.59. The molecule has 156 valence electrons. The molecule has 8 heteroatoms. The first-order valence-corrected chi connectivity index (χ1v) is 11.7. The lowest BCUT2D eigenvalue weighted by Crippen LogP contribution is -2.56. The number of hydrogen-bond acceptors (Lipinski definition) is 5. The van der Waals surface area contributed by atoms with E-state index in [1.54, 1.807) is 11.0 Å². The third-order valence-corrected chi connectivity index (χ3v) is 6.65. The van der Waals surface area contributed by atoms with Gasteiger partial charge in [-0.1, -0.05) is 33.8 Å². The average Bonchev–Trinajstić information content (AvgIpc) is 2.64. The number of fused-ring (bicyclic) bond motifs is 1. The van der Waals surface area contributed by atoms with Gasteiger partial charge in [0.15, 0.2) is 6.10 Å². The van der Waals surface area contributed by atoms with Crippen LogP contribution in [0.25, 0.3) is 0 Å². The summed E-state index contributed by atoms with van der Waals surface area (Å²) in [6.45, 7) is 12.2. The van der Waals surface area contributed by atoms with Crippen LogP contribution in [0.15, 0.2) is 18.2 Å². The Morgan fingerprint density at radius 3 is 2.36 bits per heavy atom. The van der Waals surface area contributed by atoms with Crippen LogP contribution in [0, 0.1) is 0 Å². The molecule has 1 fully saturated rings. The number of benzene rings is 1. The van der Waals surface area contributed by atoms with Crippen molar-refractivity contribution in [3.63, 3.8) is 0 Å². The van der Waals surface area contributed by atoms with E-state index < -0.39 is 16.1 Å². The molecule has 2 heterocycles. The van der Waals surface area contributed by atoms with Crippen molar-refractivity contribution in [2.24, 2.45) is 0 Å². The van der Waals surface area contributed by atoms with Gasteiger partial charge in [-0.05, 0) is 29.7 Å². The summed E-state index contributed by atoms with van der Waals surface area (Å²) < 4.78 is 32.2. The highest BCUT2D eigenvalue weighted by Gasteiger charge is 2.38. The lowest BCUT2D eigenvalue weighted by Gasteiger charge is -2.39. The highest BCUT2D eigenvalue weighted by Crippen LogP contribution is 2.38. The Morgan fingerprint density at radius 2 is 1.82 bits per heavy atom. The van der Waals surface area contributed by atoms with Crippen molar-refractivity contribution in [3.05, 3.63) is 23.8 Å². The molecule has 28 heavy (non-hydrogen) atoms. The van der Waals surface area contributed by atoms with E-state index >= 15 is 0 Å². The first-order chi connectivity index (χ1) is 13.0. The van der Waals surface area contributed by atoms with Crippen LogP contribution in [0.1, 0.15) is 33.3 Å². The smallest absolute Gasteiger partial charge is 0.265 e. The van der Waals surface area contributed by atoms with Crippen molar-refractivity contribution in [2.75, 3.05) is 49.8 Å². The minimum Gasteiger partial charge on any atom is -0.476 e. The van der Waals surface area contributed by atoms with Crippen molar-refractivity contribution in [1.29, 1.82) is 0 Å². The normalized spacial score (nSPS) is 21.2. The van der Waals surface area contributed by atoms with E-state index in [2.05, 4.69) is 32.6 Å². The van der Waals surface area contributed by atoms with Gasteiger partial charge in [0.25, 0.3) is 5.91 Å². The van der Waals surface area contributed by atoms with Crippen molar-refractivity contribution in [1.82, 2.24) is 9.80 Å². The van der Waals surface area contributed by atoms with E-state index in [9.17, 15) is 13.2 Å². The van der Waals surface area contributed by atoms with Crippen molar-refractivity contribution >= 4 is 21.6 Å². The van der Waals surface area contributed by atoms with Crippen LogP contribution in [0.2, 0.25) is 0 Å². The van der Waals surface area contributed by atoms with Gasteiger partial charge in [-0.15, -0.1) is 0 Å². The molecule has 0 N–H and O–H groups in total. The molecule has 2 aliphatic rings. The van der Waals surface area contributed by atoms with Gasteiger partial charge in [0.2, 0.25) is 10.0 Å². The molecule has 0 spiro atoms. The second kappa shape index (κ2) is 7.55. The minimum atomic E-state index is -3.54. The molecular weight excluding hydrogens is 378 g/mol. The summed E-state index contributed by atoms with van der Waals surface area (Å²) >= 11 is 0. The molecule has 0 saturated carbocycles. The van der Waals surface area contributed by atoms with Gasteiger partial charge in [0.05, 0.1) is 18.5 Å². The Morgan fingerprint density at radius 1 is 1.18 bits per heavy atom. The Hall–Kier alpha value is -1.80. The number of piperazine rings is 1. The Bertz CT molecular complexity index is 839. The fourth-order valence-corrected chi connectivity index (χ4v) is 4.55. The van der Waals surface area contributed by atoms with Crippen molar-refractivity contribution < 1.29 is 17.9 Å². The summed E-state index contributed by atoms with van der Waals surface area (Å²) in [5.41, 5.74) is 1.41. The number of amides is 1. The van der Waals surface area contributed by atoms with Gasteiger partial charge in [0.1, 0.15) is 5.75 Å². The molecule has 1 aromatic carbocycles. The Labute approximate surface area is 168 Å². The molecule has 7 nitrogen and oxygen atoms in total. The van der Waals surface area contributed by atoms with Gasteiger partial charge in [-0.2, -0.15) is 0 Å². The summed E-state index contributed by atoms with van der Waals surface area (Å²) in [4.78, 5) is 17.1. The lowest BCUT2D eigenvalue weighted by atomic mass is 9.86. The zero-order valence-corrected chi connectivity index (χ0v) is 18.3. The van der Waals surface area contributed by atoms with E-state index in [0.29, 0.717) is 24.5 Å². The fourth-order valence-electron chi connectivity index (χ4n) is 3.65. The van der Waals surface area contributed by atoms with Crippen LogP contribution in [-0.4, -0.2) is 75.8 Å². The summed E-state index contributed by atoms with van der Waals surface area (Å²) in [6.07, 6.45) is 0.351. The van der Waals surface area contributed by atoms with Crippen molar-refractivity contribution in [2.45, 2.75) is 39.2 Å². The SMILES string of the molecule is CCN1CCN(C(=O)C2CN(S(C)(=O)=O)c3cc(C(C)(C)C)ccc3O2)CC1. The molecular formula is C20H31N3O4S. The molecule has 1 aromatic rings. The zero-order valence-electron chi connectivity index (χ0n) is 17.4. The first-order valence-electron chi connectivity index (χ1n) is 9.80. The molecule has 1 atom stereocenters. The van der Waals surface area contributed by atoms with Gasteiger partial charge < -0.3 is 14.5 Å². The zero-order chi connectivity index (χ0) is 20.7. The predicted molar refractivity (Wildman–Crippen MR) is 110 cm³/mol. The number of likely N-dealkylation sites (N-methyl/N-ethyl adjacent to an activating group) is 1. The molecule has 3 rings (SSSR count). The highest BCUT2D eigenvalue weighted by molar-refractivity contribution is 7.92. The van der Waals surface area contributed by atoms with Gasteiger partial charge >= 0.3 is 0 Å². The quantitative estimate of drug-likeness (QED) is 0.760. The number of carbonyl (C=O) groups excluding carboxylic acids is 1. The van der Waals surface area contributed by atoms with E-state index in [1.165, 1.54) is 10.6 Å². The van der Waals surface area contributed by atoms with Crippen LogP contribution in [0.5, 0.6) is 5.75 Å². The number of anilines is 1. The number of hydrogen-bond donors (Lipinski definition) is 0. The van der Waals surface area contributed by atoms with Crippen molar-refractivity contribution in [3.8, 4) is 5.75 Å². The average molecular weight is 410 g/mol. The molecule has 0 radical (unpaired) electrons. The van der Waals surface area contributed by atoms with Gasteiger partial charge in [-0.3, -0.25) is 9.10 Å². The highest BCUT2D eigenvalue weighted by atomic mass is 32.2. The number of nitrogens with zero attached hydrogens (tertiary/aromatic N) is 3. The maximum absolute atomic E-state index is 13.0. The Kier molecular flexibility index (Phi) is 5.64. The topological polar surface area (TPSA) is 70.2 Å². The monoisotopic (exact) mass is 409 g/mol. The molecule has 0 bridgehead atoms. The van der Waals surface area contributed by atoms with E-state index in [-0.39, 0.29) is 17.9 Å². The summed E-state index contributed by atoms with van der Waals surface area (Å²) in [5, 5.41) is 0. The summed E-state index contributed by atoms with van der Waals surface area (Å²) in [7, 11) is -3.54. The van der Waals surface area contributed by atoms with Gasteiger partial charge in [-0.25, -0.2) is 8.42 Å². The summed E-state index contributed by atoms with van der Waals surface area (Å²) in [6, 6.07) is 5.58. The number of carbonyl (C=O) groups is 1. The second-order valence-corrected chi connectivity index (χ2v) is 10.5. The molecule has 0 aromatic heterocycles. The Balaban J connectivity index is 1.87. The standard InChI is InChI=1S/C20H31N3O4S/c1-6-21-9-11-22(12-10-21)19(24)18-14-23(28(5,25)26)16-13-15(20(2,3)4)7-8-17(16)27-18/h7-8,13,18H,6,9-12,14H2,1-5H3. The minimum absolute atomic E-state index is 0.00621. The third kappa shape index (κ3) is 4.27. The maximum Gasteiger partial charge on any atom is 0.265 e. The lowest BCUT2D eigenvalue weighted by molar-refractivity contribution is -0.140. The third-order valence-electron chi connectivity index (χ3n) is 5.50. The fraction of sp³-hybridized carbons (Fsp3) is 0.650. The predicted octanol–water partition coefficient (Wildman–Crippen LogP) is 1.68.